The number of hydrogen-bond donors (Lipinski definition) is 0. The fourth-order valence-corrected chi connectivity index (χ4v) is 3.91. The summed E-state index contributed by atoms with van der Waals surface area (Å²) in [5.41, 5.74) is 1.63. The van der Waals surface area contributed by atoms with E-state index in [4.69, 9.17) is 4.74 Å². The summed E-state index contributed by atoms with van der Waals surface area (Å²) in [5.74, 6) is -1.37. The van der Waals surface area contributed by atoms with Crippen molar-refractivity contribution >= 4 is 22.6 Å². The molecule has 2 bridgehead atoms. The fraction of sp³-hybridized carbons (Fsp3) is 0.455. The van der Waals surface area contributed by atoms with E-state index in [1.54, 1.807) is 12.1 Å². The van der Waals surface area contributed by atoms with Crippen LogP contribution >= 0.6 is 22.6 Å². The molecule has 1 aromatic carbocycles. The Bertz CT molecular complexity index is 431. The fourth-order valence-electron chi connectivity index (χ4n) is 2.57. The monoisotopic (exact) mass is 340 g/mol. The van der Waals surface area contributed by atoms with Gasteiger partial charge in [-0.15, -0.1) is 0 Å². The lowest BCUT2D eigenvalue weighted by Gasteiger charge is -2.27. The van der Waals surface area contributed by atoms with Gasteiger partial charge in [-0.2, -0.15) is 13.2 Å². The first kappa shape index (κ1) is 10.8. The van der Waals surface area contributed by atoms with E-state index in [1.165, 1.54) is 0 Å². The highest BCUT2D eigenvalue weighted by Gasteiger charge is 2.61. The molecule has 16 heavy (non-hydrogen) atoms. The van der Waals surface area contributed by atoms with Crippen LogP contribution in [-0.2, 0) is 4.74 Å². The van der Waals surface area contributed by atoms with E-state index in [0.29, 0.717) is 5.56 Å². The summed E-state index contributed by atoms with van der Waals surface area (Å²) in [4.78, 5) is 0. The van der Waals surface area contributed by atoms with Crippen LogP contribution in [0.3, 0.4) is 0 Å². The van der Waals surface area contributed by atoms with Crippen LogP contribution < -0.4 is 0 Å². The van der Waals surface area contributed by atoms with Gasteiger partial charge in [-0.25, -0.2) is 0 Å². The quantitative estimate of drug-likeness (QED) is 0.516. The van der Waals surface area contributed by atoms with Crippen LogP contribution in [-0.4, -0.2) is 10.1 Å². The van der Waals surface area contributed by atoms with Crippen LogP contribution in [0.2, 0.25) is 0 Å². The van der Waals surface area contributed by atoms with Crippen LogP contribution in [0.1, 0.15) is 23.3 Å². The first-order valence-corrected chi connectivity index (χ1v) is 6.20. The van der Waals surface area contributed by atoms with Crippen LogP contribution in [0.5, 0.6) is 0 Å². The first-order chi connectivity index (χ1) is 7.50. The van der Waals surface area contributed by atoms with E-state index < -0.39 is 28.2 Å². The Morgan fingerprint density at radius 3 is 2.19 bits per heavy atom. The Hall–Kier alpha value is -0.300. The van der Waals surface area contributed by atoms with Gasteiger partial charge in [0.15, 0.2) is 0 Å². The molecule has 2 heterocycles. The average Bonchev–Trinajstić information content (AvgIpc) is 2.72. The Balaban J connectivity index is 2.08. The van der Waals surface area contributed by atoms with Crippen LogP contribution in [0.15, 0.2) is 24.3 Å². The molecule has 1 saturated heterocycles. The summed E-state index contributed by atoms with van der Waals surface area (Å²) in [6, 6.07) is 7.20. The molecule has 2 aliphatic rings. The summed E-state index contributed by atoms with van der Waals surface area (Å²) >= 11 is 1.86. The lowest BCUT2D eigenvalue weighted by molar-refractivity contribution is -0.185. The molecule has 0 saturated carbocycles. The number of alkyl halides is 4. The van der Waals surface area contributed by atoms with Crippen molar-refractivity contribution in [3.8, 4) is 0 Å². The highest BCUT2D eigenvalue weighted by Crippen LogP contribution is 2.60. The summed E-state index contributed by atoms with van der Waals surface area (Å²) in [5, 5.41) is 0. The van der Waals surface area contributed by atoms with Gasteiger partial charge in [0.2, 0.25) is 0 Å². The predicted molar refractivity (Wildman–Crippen MR) is 60.4 cm³/mol. The van der Waals surface area contributed by atoms with Gasteiger partial charge < -0.3 is 4.74 Å². The van der Waals surface area contributed by atoms with Gasteiger partial charge in [0, 0.05) is 0 Å². The number of hydrogen-bond acceptors (Lipinski definition) is 1. The Morgan fingerprint density at radius 2 is 1.62 bits per heavy atom. The zero-order valence-electron chi connectivity index (χ0n) is 8.04. The molecule has 0 amide bonds. The lowest BCUT2D eigenvalue weighted by Crippen LogP contribution is -2.34. The molecule has 1 nitrogen and oxygen atoms in total. The van der Waals surface area contributed by atoms with Crippen LogP contribution in [0.4, 0.5) is 13.2 Å². The van der Waals surface area contributed by atoms with Crippen molar-refractivity contribution in [1.82, 2.24) is 0 Å². The van der Waals surface area contributed by atoms with Gasteiger partial charge in [-0.1, -0.05) is 46.9 Å². The standard InChI is InChI=1S/C11H8F3IO/c12-11(13,14)7-8(15)10-6-4-2-1-3-5(6)9(7)16-10/h1-4,7-10H/t7-,8-,9+,10-/m1/s1. The van der Waals surface area contributed by atoms with Gasteiger partial charge >= 0.3 is 6.18 Å². The minimum atomic E-state index is -4.18. The maximum absolute atomic E-state index is 12.9. The molecule has 0 aromatic heterocycles. The SMILES string of the molecule is FC(F)(F)[C@@H]1[C@@H](I)[C@@H]2O[C@H]1c1ccccc12. The summed E-state index contributed by atoms with van der Waals surface area (Å²) in [6.45, 7) is 0. The molecule has 86 valence electrons. The molecule has 3 rings (SSSR count). The molecule has 1 fully saturated rings. The van der Waals surface area contributed by atoms with Crippen molar-refractivity contribution in [2.45, 2.75) is 22.3 Å². The molecule has 0 unspecified atom stereocenters. The third-order valence-corrected chi connectivity index (χ3v) is 4.67. The molecule has 2 aliphatic heterocycles. The van der Waals surface area contributed by atoms with Gasteiger partial charge in [0.1, 0.15) is 0 Å². The number of fused-ring (bicyclic) bond motifs is 5. The molecular formula is C11H8F3IO. The van der Waals surface area contributed by atoms with Crippen molar-refractivity contribution in [2.75, 3.05) is 0 Å². The van der Waals surface area contributed by atoms with Crippen LogP contribution in [0, 0.1) is 5.92 Å². The molecule has 5 heteroatoms. The minimum Gasteiger partial charge on any atom is -0.364 e. The second-order valence-electron chi connectivity index (χ2n) is 4.12. The average molecular weight is 340 g/mol. The highest BCUT2D eigenvalue weighted by atomic mass is 127. The predicted octanol–water partition coefficient (Wildman–Crippen LogP) is 3.79. The van der Waals surface area contributed by atoms with E-state index in [-0.39, 0.29) is 0 Å². The Labute approximate surface area is 104 Å². The highest BCUT2D eigenvalue weighted by molar-refractivity contribution is 14.1. The third kappa shape index (κ3) is 1.33. The van der Waals surface area contributed by atoms with Gasteiger partial charge in [-0.05, 0) is 11.1 Å². The molecule has 1 aromatic rings. The Kier molecular flexibility index (Phi) is 2.27. The maximum Gasteiger partial charge on any atom is 0.395 e. The molecule has 0 N–H and O–H groups in total. The number of rotatable bonds is 0. The lowest BCUT2D eigenvalue weighted by atomic mass is 9.83. The van der Waals surface area contributed by atoms with Gasteiger partial charge in [0.05, 0.1) is 22.1 Å². The first-order valence-electron chi connectivity index (χ1n) is 4.95. The second-order valence-corrected chi connectivity index (χ2v) is 5.56. The number of halogens is 4. The topological polar surface area (TPSA) is 9.23 Å². The largest absolute Gasteiger partial charge is 0.395 e. The van der Waals surface area contributed by atoms with Crippen LogP contribution in [0.25, 0.3) is 0 Å². The summed E-state index contributed by atoms with van der Waals surface area (Å²) in [7, 11) is 0. The Morgan fingerprint density at radius 1 is 1.06 bits per heavy atom. The number of ether oxygens (including phenoxy) is 1. The third-order valence-electron chi connectivity index (χ3n) is 3.24. The smallest absolute Gasteiger partial charge is 0.364 e. The van der Waals surface area contributed by atoms with E-state index >= 15 is 0 Å². The summed E-state index contributed by atoms with van der Waals surface area (Å²) < 4.78 is 43.6. The second kappa shape index (κ2) is 3.35. The van der Waals surface area contributed by atoms with Gasteiger partial charge in [-0.3, -0.25) is 0 Å². The maximum atomic E-state index is 12.9. The molecular weight excluding hydrogens is 332 g/mol. The zero-order chi connectivity index (χ0) is 11.5. The van der Waals surface area contributed by atoms with E-state index in [1.807, 2.05) is 34.7 Å². The van der Waals surface area contributed by atoms with E-state index in [2.05, 4.69) is 0 Å². The minimum absolute atomic E-state index is 0.395. The molecule has 0 radical (unpaired) electrons. The van der Waals surface area contributed by atoms with Crippen molar-refractivity contribution in [3.05, 3.63) is 35.4 Å². The number of benzene rings is 1. The molecule has 0 aliphatic carbocycles. The van der Waals surface area contributed by atoms with E-state index in [0.717, 1.165) is 5.56 Å². The van der Waals surface area contributed by atoms with Crippen molar-refractivity contribution < 1.29 is 17.9 Å². The van der Waals surface area contributed by atoms with Crippen molar-refractivity contribution in [2.24, 2.45) is 5.92 Å². The van der Waals surface area contributed by atoms with Crippen molar-refractivity contribution in [3.63, 3.8) is 0 Å². The van der Waals surface area contributed by atoms with Crippen molar-refractivity contribution in [1.29, 1.82) is 0 Å². The molecule has 4 atom stereocenters. The van der Waals surface area contributed by atoms with Gasteiger partial charge in [0.25, 0.3) is 0 Å². The zero-order valence-corrected chi connectivity index (χ0v) is 10.2. The van der Waals surface area contributed by atoms with E-state index in [9.17, 15) is 13.2 Å². The molecule has 0 spiro atoms. The summed E-state index contributed by atoms with van der Waals surface area (Å²) in [6.07, 6.45) is -5.38. The normalized spacial score (nSPS) is 36.5.